The molecule has 63 heavy (non-hydrogen) atoms. The maximum Gasteiger partial charge on any atom is 0.164 e. The van der Waals surface area contributed by atoms with E-state index >= 15 is 0 Å². The van der Waals surface area contributed by atoms with Crippen LogP contribution in [0, 0.1) is 17.2 Å². The van der Waals surface area contributed by atoms with E-state index < -0.39 is 0 Å². The van der Waals surface area contributed by atoms with Gasteiger partial charge in [0, 0.05) is 39.3 Å². The van der Waals surface area contributed by atoms with Crippen LogP contribution in [-0.2, 0) is 0 Å². The fourth-order valence-electron chi connectivity index (χ4n) is 8.10. The van der Waals surface area contributed by atoms with Crippen molar-refractivity contribution in [2.45, 2.75) is 12.8 Å². The van der Waals surface area contributed by atoms with Gasteiger partial charge in [0.05, 0.1) is 11.6 Å². The summed E-state index contributed by atoms with van der Waals surface area (Å²) in [4.78, 5) is 29.6. The Bertz CT molecular complexity index is 3060. The van der Waals surface area contributed by atoms with Gasteiger partial charge in [-0.1, -0.05) is 201 Å². The van der Waals surface area contributed by atoms with Gasteiger partial charge in [0.15, 0.2) is 29.1 Å². The van der Waals surface area contributed by atoms with Crippen LogP contribution in [0.15, 0.2) is 206 Å². The maximum absolute atomic E-state index is 10.4. The van der Waals surface area contributed by atoms with Crippen molar-refractivity contribution in [3.8, 4) is 85.3 Å². The van der Waals surface area contributed by atoms with Crippen molar-refractivity contribution < 1.29 is 0 Å². The first-order valence-electron chi connectivity index (χ1n) is 21.0. The van der Waals surface area contributed by atoms with Crippen molar-refractivity contribution in [3.05, 3.63) is 223 Å². The van der Waals surface area contributed by atoms with Crippen molar-refractivity contribution in [2.75, 3.05) is 0 Å². The zero-order valence-corrected chi connectivity index (χ0v) is 34.4. The van der Waals surface area contributed by atoms with E-state index in [9.17, 15) is 5.26 Å². The molecule has 0 N–H and O–H groups in total. The third kappa shape index (κ3) is 8.09. The van der Waals surface area contributed by atoms with E-state index in [1.54, 1.807) is 0 Å². The van der Waals surface area contributed by atoms with Crippen LogP contribution in [0.1, 0.15) is 29.8 Å². The molecule has 7 aromatic carbocycles. The molecule has 0 fully saturated rings. The van der Waals surface area contributed by atoms with Gasteiger partial charge in [0.1, 0.15) is 5.82 Å². The predicted octanol–water partition coefficient (Wildman–Crippen LogP) is 13.0. The number of aromatic nitrogens is 6. The lowest BCUT2D eigenvalue weighted by Gasteiger charge is -2.23. The molecule has 0 spiro atoms. The molecule has 7 heteroatoms. The van der Waals surface area contributed by atoms with Crippen LogP contribution in [0.4, 0.5) is 0 Å². The Hall–Kier alpha value is -8.47. The molecule has 2 heterocycles. The highest BCUT2D eigenvalue weighted by Crippen LogP contribution is 2.39. The zero-order chi connectivity index (χ0) is 42.5. The summed E-state index contributed by atoms with van der Waals surface area (Å²) in [6.45, 7) is 2.21. The van der Waals surface area contributed by atoms with Crippen molar-refractivity contribution >= 4 is 5.57 Å². The van der Waals surface area contributed by atoms with Crippen LogP contribution < -0.4 is 0 Å². The molecule has 1 aliphatic rings. The van der Waals surface area contributed by atoms with Crippen molar-refractivity contribution in [3.63, 3.8) is 0 Å². The summed E-state index contributed by atoms with van der Waals surface area (Å²) >= 11 is 0. The normalized spacial score (nSPS) is 14.4. The van der Waals surface area contributed by atoms with E-state index in [0.29, 0.717) is 34.7 Å². The minimum Gasteiger partial charge on any atom is -0.212 e. The van der Waals surface area contributed by atoms with Crippen molar-refractivity contribution in [1.82, 2.24) is 29.9 Å². The zero-order valence-electron chi connectivity index (χ0n) is 34.4. The summed E-state index contributed by atoms with van der Waals surface area (Å²) in [6.07, 6.45) is 6.67. The Kier molecular flexibility index (Phi) is 10.6. The van der Waals surface area contributed by atoms with Crippen LogP contribution >= 0.6 is 0 Å². The first-order chi connectivity index (χ1) is 31.1. The SMILES string of the molecule is CC1C=C(c2cccc(-c3c(C#N)cccc3-c3ccc(-c4nc(-c5ccccc5)nc(-c5ccccc5)n4)cc3)c2)C=CC1c1nc(-c2ccccc2)nc(-c2ccccc2)n1. The number of hydrogen-bond donors (Lipinski definition) is 0. The van der Waals surface area contributed by atoms with Gasteiger partial charge in [0.2, 0.25) is 0 Å². The Morgan fingerprint density at radius 2 is 0.825 bits per heavy atom. The van der Waals surface area contributed by atoms with Gasteiger partial charge in [0.25, 0.3) is 0 Å². The first kappa shape index (κ1) is 38.7. The number of rotatable bonds is 9. The second-order valence-electron chi connectivity index (χ2n) is 15.5. The summed E-state index contributed by atoms with van der Waals surface area (Å²) in [5.41, 5.74) is 11.1. The molecule has 298 valence electrons. The fourth-order valence-corrected chi connectivity index (χ4v) is 8.10. The van der Waals surface area contributed by atoms with Crippen molar-refractivity contribution in [1.29, 1.82) is 5.26 Å². The molecule has 0 saturated carbocycles. The van der Waals surface area contributed by atoms with E-state index in [2.05, 4.69) is 73.7 Å². The fraction of sp³-hybridized carbons (Fsp3) is 0.0536. The van der Waals surface area contributed by atoms with Crippen LogP contribution in [0.25, 0.3) is 84.8 Å². The minimum absolute atomic E-state index is 0.0499. The Labute approximate surface area is 366 Å². The van der Waals surface area contributed by atoms with E-state index in [4.69, 9.17) is 29.9 Å². The molecule has 9 aromatic rings. The molecule has 0 radical (unpaired) electrons. The molecular formula is C56H39N7. The topological polar surface area (TPSA) is 101 Å². The number of hydrogen-bond acceptors (Lipinski definition) is 7. The monoisotopic (exact) mass is 809 g/mol. The van der Waals surface area contributed by atoms with Crippen LogP contribution in [-0.4, -0.2) is 29.9 Å². The summed E-state index contributed by atoms with van der Waals surface area (Å²) in [5, 5.41) is 10.4. The van der Waals surface area contributed by atoms with Gasteiger partial charge >= 0.3 is 0 Å². The maximum atomic E-state index is 10.4. The third-order valence-corrected chi connectivity index (χ3v) is 11.3. The van der Waals surface area contributed by atoms with Crippen molar-refractivity contribution in [2.24, 2.45) is 5.92 Å². The molecule has 0 aliphatic heterocycles. The van der Waals surface area contributed by atoms with Crippen LogP contribution in [0.3, 0.4) is 0 Å². The highest BCUT2D eigenvalue weighted by molar-refractivity contribution is 5.89. The van der Waals surface area contributed by atoms with Gasteiger partial charge in [-0.2, -0.15) is 5.26 Å². The van der Waals surface area contributed by atoms with Gasteiger partial charge in [-0.25, -0.2) is 29.9 Å². The lowest BCUT2D eigenvalue weighted by molar-refractivity contribution is 0.602. The molecule has 7 nitrogen and oxygen atoms in total. The van der Waals surface area contributed by atoms with E-state index in [0.717, 1.165) is 67.0 Å². The lowest BCUT2D eigenvalue weighted by Crippen LogP contribution is -2.14. The van der Waals surface area contributed by atoms with E-state index in [-0.39, 0.29) is 11.8 Å². The summed E-state index contributed by atoms with van der Waals surface area (Å²) < 4.78 is 0. The smallest absolute Gasteiger partial charge is 0.164 e. The number of nitrogens with zero attached hydrogens (tertiary/aromatic N) is 7. The molecular weight excluding hydrogens is 771 g/mol. The summed E-state index contributed by atoms with van der Waals surface area (Å²) in [5.74, 6) is 3.90. The molecule has 0 bridgehead atoms. The Morgan fingerprint density at radius 1 is 0.413 bits per heavy atom. The lowest BCUT2D eigenvalue weighted by atomic mass is 9.83. The molecule has 0 amide bonds. The number of allylic oxidation sites excluding steroid dienone is 4. The average molecular weight is 810 g/mol. The second kappa shape index (κ2) is 17.3. The van der Waals surface area contributed by atoms with Gasteiger partial charge in [-0.05, 0) is 45.9 Å². The van der Waals surface area contributed by atoms with E-state index in [1.165, 1.54) is 0 Å². The minimum atomic E-state index is -0.0499. The molecule has 2 unspecified atom stereocenters. The standard InChI is InChI=1S/C56H39N7/c1-37-34-45(32-33-48(37)56-62-53(41-20-10-4-11-21-41)61-54(63-56)42-22-12-5-13-23-42)44-24-14-25-46(35-44)50-47(36-57)26-15-27-49(50)38-28-30-43(31-29-38)55-59-51(39-16-6-2-7-17-39)58-52(60-55)40-18-8-3-9-19-40/h2-35,37,48H,1H3. The van der Waals surface area contributed by atoms with Crippen LogP contribution in [0.2, 0.25) is 0 Å². The molecule has 2 atom stereocenters. The number of benzene rings is 7. The largest absolute Gasteiger partial charge is 0.212 e. The molecule has 0 saturated heterocycles. The predicted molar refractivity (Wildman–Crippen MR) is 251 cm³/mol. The third-order valence-electron chi connectivity index (χ3n) is 11.3. The van der Waals surface area contributed by atoms with Gasteiger partial charge < -0.3 is 0 Å². The van der Waals surface area contributed by atoms with E-state index in [1.807, 2.05) is 146 Å². The molecule has 2 aromatic heterocycles. The summed E-state index contributed by atoms with van der Waals surface area (Å²) in [6, 6.07) is 65.2. The second-order valence-corrected chi connectivity index (χ2v) is 15.5. The highest BCUT2D eigenvalue weighted by atomic mass is 15.0. The average Bonchev–Trinajstić information content (AvgIpc) is 3.37. The Morgan fingerprint density at radius 3 is 1.30 bits per heavy atom. The quantitative estimate of drug-likeness (QED) is 0.143. The Balaban J connectivity index is 0.966. The first-order valence-corrected chi connectivity index (χ1v) is 21.0. The highest BCUT2D eigenvalue weighted by Gasteiger charge is 2.25. The van der Waals surface area contributed by atoms with Gasteiger partial charge in [-0.3, -0.25) is 0 Å². The van der Waals surface area contributed by atoms with Crippen LogP contribution in [0.5, 0.6) is 0 Å². The molecule has 1 aliphatic carbocycles. The molecule has 10 rings (SSSR count). The van der Waals surface area contributed by atoms with Gasteiger partial charge in [-0.15, -0.1) is 0 Å². The summed E-state index contributed by atoms with van der Waals surface area (Å²) in [7, 11) is 0. The number of nitriles is 1.